The van der Waals surface area contributed by atoms with Crippen molar-refractivity contribution < 1.29 is 13.9 Å². The summed E-state index contributed by atoms with van der Waals surface area (Å²) in [5, 5.41) is 12.8. The first-order chi connectivity index (χ1) is 10.5. The SMILES string of the molecule is CCCCC(Nc1nc(N)nc2cc(F)cnc12)C(O)CF. The van der Waals surface area contributed by atoms with Crippen molar-refractivity contribution in [2.45, 2.75) is 38.3 Å². The summed E-state index contributed by atoms with van der Waals surface area (Å²) in [6.45, 7) is 1.13. The van der Waals surface area contributed by atoms with Gasteiger partial charge < -0.3 is 16.2 Å². The van der Waals surface area contributed by atoms with Gasteiger partial charge in [0.1, 0.15) is 24.1 Å². The molecule has 0 aliphatic heterocycles. The normalized spacial score (nSPS) is 14.0. The van der Waals surface area contributed by atoms with E-state index in [0.717, 1.165) is 19.0 Å². The summed E-state index contributed by atoms with van der Waals surface area (Å²) in [6.07, 6.45) is 2.16. The largest absolute Gasteiger partial charge is 0.388 e. The molecule has 4 N–H and O–H groups in total. The molecule has 22 heavy (non-hydrogen) atoms. The molecular weight excluding hydrogens is 292 g/mol. The second kappa shape index (κ2) is 7.26. The Hall–Kier alpha value is -2.09. The Kier molecular flexibility index (Phi) is 5.37. The molecule has 0 saturated carbocycles. The van der Waals surface area contributed by atoms with Crippen molar-refractivity contribution >= 4 is 22.8 Å². The molecule has 120 valence electrons. The third-order valence-corrected chi connectivity index (χ3v) is 3.33. The van der Waals surface area contributed by atoms with E-state index in [1.54, 1.807) is 0 Å². The maximum absolute atomic E-state index is 13.2. The van der Waals surface area contributed by atoms with Crippen LogP contribution in [0.1, 0.15) is 26.2 Å². The van der Waals surface area contributed by atoms with E-state index in [1.165, 1.54) is 6.07 Å². The fourth-order valence-electron chi connectivity index (χ4n) is 2.18. The minimum atomic E-state index is -1.17. The first-order valence-corrected chi connectivity index (χ1v) is 7.14. The summed E-state index contributed by atoms with van der Waals surface area (Å²) < 4.78 is 26.0. The van der Waals surface area contributed by atoms with Crippen LogP contribution in [0.3, 0.4) is 0 Å². The number of nitrogens with zero attached hydrogens (tertiary/aromatic N) is 3. The Morgan fingerprint density at radius 2 is 2.18 bits per heavy atom. The number of alkyl halides is 1. The molecule has 0 aliphatic rings. The van der Waals surface area contributed by atoms with Gasteiger partial charge in [-0.1, -0.05) is 19.8 Å². The topological polar surface area (TPSA) is 97.0 Å². The van der Waals surface area contributed by atoms with Crippen molar-refractivity contribution in [3.8, 4) is 0 Å². The third kappa shape index (κ3) is 3.76. The first kappa shape index (κ1) is 16.3. The number of aliphatic hydroxyl groups excluding tert-OH is 1. The Bertz CT molecular complexity index is 635. The van der Waals surface area contributed by atoms with Crippen LogP contribution in [-0.4, -0.2) is 38.9 Å². The second-order valence-electron chi connectivity index (χ2n) is 5.07. The van der Waals surface area contributed by atoms with Crippen LogP contribution in [0.2, 0.25) is 0 Å². The fraction of sp³-hybridized carbons (Fsp3) is 0.500. The number of hydrogen-bond acceptors (Lipinski definition) is 6. The number of aliphatic hydroxyl groups is 1. The van der Waals surface area contributed by atoms with Gasteiger partial charge in [-0.3, -0.25) is 0 Å². The lowest BCUT2D eigenvalue weighted by Gasteiger charge is -2.23. The fourth-order valence-corrected chi connectivity index (χ4v) is 2.18. The van der Waals surface area contributed by atoms with E-state index in [-0.39, 0.29) is 17.3 Å². The Labute approximate surface area is 126 Å². The van der Waals surface area contributed by atoms with E-state index < -0.39 is 24.6 Å². The number of anilines is 2. The van der Waals surface area contributed by atoms with Crippen molar-refractivity contribution in [1.82, 2.24) is 15.0 Å². The van der Waals surface area contributed by atoms with Gasteiger partial charge in [-0.05, 0) is 6.42 Å². The molecule has 0 spiro atoms. The molecule has 0 amide bonds. The molecule has 2 rings (SSSR count). The molecule has 0 bridgehead atoms. The molecule has 0 radical (unpaired) electrons. The number of hydrogen-bond donors (Lipinski definition) is 3. The number of nitrogen functional groups attached to an aromatic ring is 1. The van der Waals surface area contributed by atoms with E-state index in [9.17, 15) is 13.9 Å². The number of fused-ring (bicyclic) bond motifs is 1. The zero-order chi connectivity index (χ0) is 16.1. The number of pyridine rings is 1. The summed E-state index contributed by atoms with van der Waals surface area (Å²) in [7, 11) is 0. The average molecular weight is 311 g/mol. The minimum absolute atomic E-state index is 0.0496. The van der Waals surface area contributed by atoms with E-state index in [1.807, 2.05) is 6.92 Å². The van der Waals surface area contributed by atoms with E-state index in [0.29, 0.717) is 11.9 Å². The average Bonchev–Trinajstić information content (AvgIpc) is 2.49. The molecule has 0 saturated heterocycles. The Morgan fingerprint density at radius 1 is 1.41 bits per heavy atom. The molecule has 0 fully saturated rings. The van der Waals surface area contributed by atoms with Gasteiger partial charge in [0.25, 0.3) is 0 Å². The Balaban J connectivity index is 2.35. The highest BCUT2D eigenvalue weighted by Crippen LogP contribution is 2.22. The van der Waals surface area contributed by atoms with E-state index in [2.05, 4.69) is 20.3 Å². The van der Waals surface area contributed by atoms with Crippen LogP contribution >= 0.6 is 0 Å². The van der Waals surface area contributed by atoms with Crippen LogP contribution in [0.15, 0.2) is 12.3 Å². The number of nitrogens with one attached hydrogen (secondary N) is 1. The molecule has 0 aliphatic carbocycles. The molecule has 6 nitrogen and oxygen atoms in total. The molecule has 2 unspecified atom stereocenters. The van der Waals surface area contributed by atoms with Gasteiger partial charge in [0.2, 0.25) is 5.95 Å². The highest BCUT2D eigenvalue weighted by Gasteiger charge is 2.21. The first-order valence-electron chi connectivity index (χ1n) is 7.14. The summed E-state index contributed by atoms with van der Waals surface area (Å²) in [6, 6.07) is 0.660. The maximum atomic E-state index is 13.2. The molecule has 2 atom stereocenters. The Morgan fingerprint density at radius 3 is 2.86 bits per heavy atom. The zero-order valence-corrected chi connectivity index (χ0v) is 12.3. The van der Waals surface area contributed by atoms with Crippen molar-refractivity contribution in [2.75, 3.05) is 17.7 Å². The lowest BCUT2D eigenvalue weighted by Crippen LogP contribution is -2.35. The lowest BCUT2D eigenvalue weighted by molar-refractivity contribution is 0.116. The molecular formula is C14H19F2N5O. The van der Waals surface area contributed by atoms with Crippen LogP contribution in [-0.2, 0) is 0 Å². The lowest BCUT2D eigenvalue weighted by atomic mass is 10.0. The van der Waals surface area contributed by atoms with Crippen molar-refractivity contribution in [3.63, 3.8) is 0 Å². The number of rotatable bonds is 7. The number of halogens is 2. The van der Waals surface area contributed by atoms with Gasteiger partial charge in [-0.2, -0.15) is 4.98 Å². The molecule has 0 aromatic carbocycles. The van der Waals surface area contributed by atoms with Crippen LogP contribution in [0.4, 0.5) is 20.5 Å². The van der Waals surface area contributed by atoms with Gasteiger partial charge in [0.15, 0.2) is 5.82 Å². The minimum Gasteiger partial charge on any atom is -0.388 e. The van der Waals surface area contributed by atoms with E-state index in [4.69, 9.17) is 5.73 Å². The number of aromatic nitrogens is 3. The maximum Gasteiger partial charge on any atom is 0.222 e. The molecule has 2 aromatic rings. The van der Waals surface area contributed by atoms with Gasteiger partial charge in [-0.15, -0.1) is 0 Å². The zero-order valence-electron chi connectivity index (χ0n) is 12.3. The van der Waals surface area contributed by atoms with Crippen molar-refractivity contribution in [3.05, 3.63) is 18.1 Å². The summed E-state index contributed by atoms with van der Waals surface area (Å²) in [5.41, 5.74) is 6.18. The van der Waals surface area contributed by atoms with Gasteiger partial charge in [0.05, 0.1) is 17.8 Å². The molecule has 8 heteroatoms. The highest BCUT2D eigenvalue weighted by molar-refractivity contribution is 5.86. The summed E-state index contributed by atoms with van der Waals surface area (Å²) in [5.74, 6) is -0.328. The number of unbranched alkanes of at least 4 members (excludes halogenated alkanes) is 1. The predicted molar refractivity (Wildman–Crippen MR) is 80.6 cm³/mol. The van der Waals surface area contributed by atoms with Crippen LogP contribution in [0, 0.1) is 5.82 Å². The van der Waals surface area contributed by atoms with E-state index >= 15 is 0 Å². The van der Waals surface area contributed by atoms with Crippen LogP contribution in [0.25, 0.3) is 11.0 Å². The van der Waals surface area contributed by atoms with Crippen LogP contribution in [0.5, 0.6) is 0 Å². The van der Waals surface area contributed by atoms with Crippen molar-refractivity contribution in [1.29, 1.82) is 0 Å². The smallest absolute Gasteiger partial charge is 0.222 e. The molecule has 2 heterocycles. The van der Waals surface area contributed by atoms with Crippen LogP contribution < -0.4 is 11.1 Å². The summed E-state index contributed by atoms with van der Waals surface area (Å²) >= 11 is 0. The summed E-state index contributed by atoms with van der Waals surface area (Å²) in [4.78, 5) is 11.9. The predicted octanol–water partition coefficient (Wildman–Crippen LogP) is 2.05. The standard InChI is InChI=1S/C14H19F2N5O/c1-2-3-4-9(11(22)6-15)19-13-12-10(20-14(17)21-13)5-8(16)7-18-12/h5,7,9,11,22H,2-4,6H2,1H3,(H3,17,19,20,21). The third-order valence-electron chi connectivity index (χ3n) is 3.33. The van der Waals surface area contributed by atoms with Gasteiger partial charge in [0, 0.05) is 6.07 Å². The van der Waals surface area contributed by atoms with Gasteiger partial charge >= 0.3 is 0 Å². The highest BCUT2D eigenvalue weighted by atomic mass is 19.1. The monoisotopic (exact) mass is 311 g/mol. The van der Waals surface area contributed by atoms with Gasteiger partial charge in [-0.25, -0.2) is 18.7 Å². The van der Waals surface area contributed by atoms with Crippen molar-refractivity contribution in [2.24, 2.45) is 0 Å². The molecule has 2 aromatic heterocycles. The number of nitrogens with two attached hydrogens (primary N) is 1. The second-order valence-corrected chi connectivity index (χ2v) is 5.07. The quantitative estimate of drug-likeness (QED) is 0.724.